The number of esters is 1. The van der Waals surface area contributed by atoms with Crippen LogP contribution in [0, 0.1) is 10.1 Å². The summed E-state index contributed by atoms with van der Waals surface area (Å²) in [6.45, 7) is 1.38. The maximum atomic E-state index is 11.9. The first kappa shape index (κ1) is 16.7. The van der Waals surface area contributed by atoms with Gasteiger partial charge in [0.05, 0.1) is 6.07 Å². The highest BCUT2D eigenvalue weighted by Gasteiger charge is 2.23. The van der Waals surface area contributed by atoms with Crippen molar-refractivity contribution < 1.29 is 23.7 Å². The van der Waals surface area contributed by atoms with Gasteiger partial charge < -0.3 is 14.5 Å². The minimum Gasteiger partial charge on any atom is -0.447 e. The SMILES string of the molecule is C[C@@H](OC(=O)c1ccc([N+](=O)[O-])o1)C(=O)Nc1ccc(Br)cc1. The molecule has 1 aromatic carbocycles. The smallest absolute Gasteiger partial charge is 0.433 e. The van der Waals surface area contributed by atoms with E-state index in [0.717, 1.165) is 16.6 Å². The highest BCUT2D eigenvalue weighted by Crippen LogP contribution is 2.18. The lowest BCUT2D eigenvalue weighted by Crippen LogP contribution is -2.29. The van der Waals surface area contributed by atoms with Gasteiger partial charge in [-0.15, -0.1) is 0 Å². The normalized spacial score (nSPS) is 11.6. The Morgan fingerprint density at radius 3 is 2.48 bits per heavy atom. The summed E-state index contributed by atoms with van der Waals surface area (Å²) in [6, 6.07) is 8.98. The number of nitrogens with one attached hydrogen (secondary N) is 1. The van der Waals surface area contributed by atoms with Crippen LogP contribution in [0.25, 0.3) is 0 Å². The van der Waals surface area contributed by atoms with Gasteiger partial charge in [-0.25, -0.2) is 4.79 Å². The number of nitro groups is 1. The van der Waals surface area contributed by atoms with Crippen molar-refractivity contribution in [3.8, 4) is 0 Å². The van der Waals surface area contributed by atoms with E-state index in [1.807, 2.05) is 0 Å². The van der Waals surface area contributed by atoms with E-state index in [4.69, 9.17) is 9.15 Å². The topological polar surface area (TPSA) is 112 Å². The molecule has 0 radical (unpaired) electrons. The van der Waals surface area contributed by atoms with Crippen LogP contribution in [0.4, 0.5) is 11.6 Å². The van der Waals surface area contributed by atoms with Crippen molar-refractivity contribution in [2.75, 3.05) is 5.32 Å². The fraction of sp³-hybridized carbons (Fsp3) is 0.143. The van der Waals surface area contributed by atoms with Gasteiger partial charge in [0.2, 0.25) is 5.76 Å². The molecule has 1 aromatic heterocycles. The second-order valence-electron chi connectivity index (χ2n) is 4.44. The molecule has 0 bridgehead atoms. The highest BCUT2D eigenvalue weighted by molar-refractivity contribution is 9.10. The molecule has 0 unspecified atom stereocenters. The average Bonchev–Trinajstić information content (AvgIpc) is 2.99. The first-order chi connectivity index (χ1) is 10.9. The molecule has 2 aromatic rings. The van der Waals surface area contributed by atoms with E-state index in [1.165, 1.54) is 6.92 Å². The van der Waals surface area contributed by atoms with Gasteiger partial charge in [0.25, 0.3) is 5.91 Å². The monoisotopic (exact) mass is 382 g/mol. The van der Waals surface area contributed by atoms with Crippen LogP contribution in [0.5, 0.6) is 0 Å². The number of hydrogen-bond acceptors (Lipinski definition) is 6. The van der Waals surface area contributed by atoms with E-state index < -0.39 is 28.8 Å². The first-order valence-electron chi connectivity index (χ1n) is 6.38. The number of rotatable bonds is 5. The number of ether oxygens (including phenoxy) is 1. The number of nitrogens with zero attached hydrogens (tertiary/aromatic N) is 1. The third-order valence-corrected chi connectivity index (χ3v) is 3.27. The van der Waals surface area contributed by atoms with Crippen molar-refractivity contribution in [3.63, 3.8) is 0 Å². The largest absolute Gasteiger partial charge is 0.447 e. The Morgan fingerprint density at radius 1 is 1.26 bits per heavy atom. The molecular formula is C14H11BrN2O6. The van der Waals surface area contributed by atoms with Crippen molar-refractivity contribution in [2.45, 2.75) is 13.0 Å². The van der Waals surface area contributed by atoms with Crippen LogP contribution in [-0.2, 0) is 9.53 Å². The number of halogens is 1. The lowest BCUT2D eigenvalue weighted by Gasteiger charge is -2.12. The lowest BCUT2D eigenvalue weighted by atomic mass is 10.3. The molecule has 9 heteroatoms. The first-order valence-corrected chi connectivity index (χ1v) is 7.18. The zero-order valence-corrected chi connectivity index (χ0v) is 13.4. The molecule has 120 valence electrons. The van der Waals surface area contributed by atoms with E-state index in [-0.39, 0.29) is 5.76 Å². The molecule has 0 saturated heterocycles. The number of benzene rings is 1. The summed E-state index contributed by atoms with van der Waals surface area (Å²) in [5, 5.41) is 13.1. The fourth-order valence-electron chi connectivity index (χ4n) is 1.58. The number of furan rings is 1. The molecule has 0 saturated carbocycles. The van der Waals surface area contributed by atoms with Crippen LogP contribution in [-0.4, -0.2) is 22.9 Å². The summed E-state index contributed by atoms with van der Waals surface area (Å²) < 4.78 is 10.5. The fourth-order valence-corrected chi connectivity index (χ4v) is 1.85. The van der Waals surface area contributed by atoms with Crippen LogP contribution in [0.1, 0.15) is 17.5 Å². The predicted octanol–water partition coefficient (Wildman–Crippen LogP) is 3.13. The van der Waals surface area contributed by atoms with Crippen molar-refractivity contribution >= 4 is 39.4 Å². The standard InChI is InChI=1S/C14H11BrN2O6/c1-8(13(18)16-10-4-2-9(15)3-5-10)22-14(19)11-6-7-12(23-11)17(20)21/h2-8H,1H3,(H,16,18)/t8-/m1/s1. The van der Waals surface area contributed by atoms with E-state index in [1.54, 1.807) is 24.3 Å². The number of amides is 1. The molecule has 1 heterocycles. The summed E-state index contributed by atoms with van der Waals surface area (Å²) >= 11 is 3.27. The Kier molecular flexibility index (Phi) is 5.12. The predicted molar refractivity (Wildman–Crippen MR) is 83.0 cm³/mol. The molecule has 1 atom stereocenters. The molecule has 1 amide bonds. The summed E-state index contributed by atoms with van der Waals surface area (Å²) in [6.07, 6.45) is -1.10. The quantitative estimate of drug-likeness (QED) is 0.482. The van der Waals surface area contributed by atoms with Gasteiger partial charge in [0.1, 0.15) is 4.92 Å². The van der Waals surface area contributed by atoms with Crippen molar-refractivity contribution in [3.05, 3.63) is 56.7 Å². The van der Waals surface area contributed by atoms with E-state index >= 15 is 0 Å². The number of hydrogen-bond donors (Lipinski definition) is 1. The molecule has 0 spiro atoms. The molecule has 0 aliphatic heterocycles. The second kappa shape index (κ2) is 7.05. The van der Waals surface area contributed by atoms with Crippen LogP contribution in [0.2, 0.25) is 0 Å². The van der Waals surface area contributed by atoms with Gasteiger partial charge in [-0.2, -0.15) is 0 Å². The number of carbonyl (C=O) groups is 2. The number of carbonyl (C=O) groups excluding carboxylic acids is 2. The van der Waals surface area contributed by atoms with Crippen LogP contribution >= 0.6 is 15.9 Å². The third kappa shape index (κ3) is 4.39. The van der Waals surface area contributed by atoms with E-state index in [2.05, 4.69) is 21.2 Å². The third-order valence-electron chi connectivity index (χ3n) is 2.74. The minimum atomic E-state index is -1.10. The van der Waals surface area contributed by atoms with Crippen molar-refractivity contribution in [1.82, 2.24) is 0 Å². The molecule has 0 fully saturated rings. The summed E-state index contributed by atoms with van der Waals surface area (Å²) in [4.78, 5) is 33.4. The van der Waals surface area contributed by atoms with Gasteiger partial charge in [0, 0.05) is 10.2 Å². The Morgan fingerprint density at radius 2 is 1.91 bits per heavy atom. The molecule has 1 N–H and O–H groups in total. The molecule has 0 aliphatic carbocycles. The van der Waals surface area contributed by atoms with Crippen LogP contribution in [0.15, 0.2) is 45.3 Å². The maximum Gasteiger partial charge on any atom is 0.433 e. The van der Waals surface area contributed by atoms with Gasteiger partial charge >= 0.3 is 11.9 Å². The molecule has 23 heavy (non-hydrogen) atoms. The molecule has 8 nitrogen and oxygen atoms in total. The van der Waals surface area contributed by atoms with E-state index in [9.17, 15) is 19.7 Å². The van der Waals surface area contributed by atoms with E-state index in [0.29, 0.717) is 5.69 Å². The van der Waals surface area contributed by atoms with Gasteiger partial charge in [-0.1, -0.05) is 15.9 Å². The Balaban J connectivity index is 1.95. The second-order valence-corrected chi connectivity index (χ2v) is 5.35. The van der Waals surface area contributed by atoms with Gasteiger partial charge in [0.15, 0.2) is 6.10 Å². The zero-order chi connectivity index (χ0) is 17.0. The summed E-state index contributed by atoms with van der Waals surface area (Å²) in [5.41, 5.74) is 0.537. The average molecular weight is 383 g/mol. The van der Waals surface area contributed by atoms with Crippen LogP contribution < -0.4 is 5.32 Å². The van der Waals surface area contributed by atoms with Gasteiger partial charge in [-0.3, -0.25) is 14.9 Å². The Bertz CT molecular complexity index is 740. The Labute approximate surface area is 138 Å². The zero-order valence-electron chi connectivity index (χ0n) is 11.8. The summed E-state index contributed by atoms with van der Waals surface area (Å²) in [7, 11) is 0. The van der Waals surface area contributed by atoms with Crippen molar-refractivity contribution in [2.24, 2.45) is 0 Å². The van der Waals surface area contributed by atoms with Crippen molar-refractivity contribution in [1.29, 1.82) is 0 Å². The Hall–Kier alpha value is -2.68. The lowest BCUT2D eigenvalue weighted by molar-refractivity contribution is -0.402. The molecular weight excluding hydrogens is 372 g/mol. The van der Waals surface area contributed by atoms with Crippen LogP contribution in [0.3, 0.4) is 0 Å². The highest BCUT2D eigenvalue weighted by atomic mass is 79.9. The summed E-state index contributed by atoms with van der Waals surface area (Å²) in [5.74, 6) is -2.43. The number of anilines is 1. The minimum absolute atomic E-state index is 0.347. The maximum absolute atomic E-state index is 11.9. The molecule has 2 rings (SSSR count). The molecule has 0 aliphatic rings. The van der Waals surface area contributed by atoms with Gasteiger partial charge in [-0.05, 0) is 37.3 Å².